The Bertz CT molecular complexity index is 696. The number of rotatable bonds is 5. The number of amides is 1. The van der Waals surface area contributed by atoms with Gasteiger partial charge in [0.25, 0.3) is 5.89 Å². The molecule has 1 aromatic carbocycles. The highest BCUT2D eigenvalue weighted by molar-refractivity contribution is 5.81. The Morgan fingerprint density at radius 2 is 2.12 bits per heavy atom. The van der Waals surface area contributed by atoms with Crippen LogP contribution >= 0.6 is 0 Å². The number of hydrogen-bond acceptors (Lipinski definition) is 6. The first-order valence-corrected chi connectivity index (χ1v) is 8.00. The average molecular weight is 330 g/mol. The summed E-state index contributed by atoms with van der Waals surface area (Å²) in [4.78, 5) is 20.5. The van der Waals surface area contributed by atoms with Crippen LogP contribution in [0.25, 0.3) is 11.5 Å². The maximum atomic E-state index is 12.2. The first kappa shape index (κ1) is 16.4. The zero-order valence-electron chi connectivity index (χ0n) is 14.2. The number of ether oxygens (including phenoxy) is 1. The Kier molecular flexibility index (Phi) is 4.80. The van der Waals surface area contributed by atoms with Crippen molar-refractivity contribution in [2.24, 2.45) is 0 Å². The first-order valence-electron chi connectivity index (χ1n) is 8.00. The van der Waals surface area contributed by atoms with Crippen molar-refractivity contribution in [3.8, 4) is 17.2 Å². The molecule has 1 saturated heterocycles. The van der Waals surface area contributed by atoms with Crippen LogP contribution in [0.3, 0.4) is 0 Å². The number of benzene rings is 1. The zero-order chi connectivity index (χ0) is 17.1. The monoisotopic (exact) mass is 330 g/mol. The number of carbonyl (C=O) groups excluding carboxylic acids is 1. The fourth-order valence-electron chi connectivity index (χ4n) is 2.94. The van der Waals surface area contributed by atoms with Crippen LogP contribution < -0.4 is 4.74 Å². The summed E-state index contributed by atoms with van der Waals surface area (Å²) < 4.78 is 10.5. The maximum absolute atomic E-state index is 12.2. The Morgan fingerprint density at radius 1 is 1.38 bits per heavy atom. The first-order chi connectivity index (χ1) is 11.6. The number of likely N-dealkylation sites (tertiary alicyclic amines) is 1. The minimum atomic E-state index is -0.0945. The van der Waals surface area contributed by atoms with Crippen LogP contribution in [-0.2, 0) is 11.3 Å². The standard InChI is InChI=1S/C17H22N4O3/c1-20(2)17(22)14-5-4-10-21(14)11-15-18-16(24-19-15)12-6-8-13(23-3)9-7-12/h6-9,14H,4-5,10-11H2,1-3H3. The summed E-state index contributed by atoms with van der Waals surface area (Å²) in [6.45, 7) is 1.39. The third-order valence-corrected chi connectivity index (χ3v) is 4.24. The molecule has 2 heterocycles. The summed E-state index contributed by atoms with van der Waals surface area (Å²) in [5.41, 5.74) is 0.844. The van der Waals surface area contributed by atoms with Gasteiger partial charge in [0.15, 0.2) is 5.82 Å². The SMILES string of the molecule is COc1ccc(-c2nc(CN3CCCC3C(=O)N(C)C)no2)cc1. The van der Waals surface area contributed by atoms with Crippen molar-refractivity contribution in [2.75, 3.05) is 27.7 Å². The highest BCUT2D eigenvalue weighted by atomic mass is 16.5. The van der Waals surface area contributed by atoms with Gasteiger partial charge >= 0.3 is 0 Å². The van der Waals surface area contributed by atoms with Crippen LogP contribution in [0.15, 0.2) is 28.8 Å². The number of hydrogen-bond donors (Lipinski definition) is 0. The second-order valence-electron chi connectivity index (χ2n) is 6.11. The van der Waals surface area contributed by atoms with Gasteiger partial charge < -0.3 is 14.2 Å². The molecule has 1 fully saturated rings. The van der Waals surface area contributed by atoms with Gasteiger partial charge in [-0.25, -0.2) is 0 Å². The second-order valence-corrected chi connectivity index (χ2v) is 6.11. The van der Waals surface area contributed by atoms with Gasteiger partial charge in [-0.1, -0.05) is 5.16 Å². The lowest BCUT2D eigenvalue weighted by atomic mass is 10.2. The van der Waals surface area contributed by atoms with Gasteiger partial charge in [-0.3, -0.25) is 9.69 Å². The second kappa shape index (κ2) is 7.00. The Morgan fingerprint density at radius 3 is 2.79 bits per heavy atom. The third-order valence-electron chi connectivity index (χ3n) is 4.24. The van der Waals surface area contributed by atoms with Crippen molar-refractivity contribution < 1.29 is 14.1 Å². The molecule has 0 aliphatic carbocycles. The molecule has 2 aromatic rings. The Balaban J connectivity index is 1.70. The van der Waals surface area contributed by atoms with Crippen molar-refractivity contribution in [1.82, 2.24) is 19.9 Å². The van der Waals surface area contributed by atoms with Crippen molar-refractivity contribution in [1.29, 1.82) is 0 Å². The highest BCUT2D eigenvalue weighted by Gasteiger charge is 2.32. The van der Waals surface area contributed by atoms with Gasteiger partial charge in [0, 0.05) is 19.7 Å². The molecular formula is C17H22N4O3. The fraction of sp³-hybridized carbons (Fsp3) is 0.471. The van der Waals surface area contributed by atoms with E-state index in [1.54, 1.807) is 26.1 Å². The van der Waals surface area contributed by atoms with E-state index in [-0.39, 0.29) is 11.9 Å². The molecule has 1 aliphatic rings. The number of likely N-dealkylation sites (N-methyl/N-ethyl adjacent to an activating group) is 1. The normalized spacial score (nSPS) is 17.9. The number of aromatic nitrogens is 2. The van der Waals surface area contributed by atoms with Crippen molar-refractivity contribution in [2.45, 2.75) is 25.4 Å². The number of carbonyl (C=O) groups is 1. The summed E-state index contributed by atoms with van der Waals surface area (Å²) in [7, 11) is 5.20. The molecule has 0 bridgehead atoms. The summed E-state index contributed by atoms with van der Waals surface area (Å²) in [6, 6.07) is 7.37. The van der Waals surface area contributed by atoms with Crippen LogP contribution in [0.4, 0.5) is 0 Å². The minimum absolute atomic E-state index is 0.0945. The Hall–Kier alpha value is -2.41. The molecule has 3 rings (SSSR count). The van der Waals surface area contributed by atoms with Crippen LogP contribution in [0.1, 0.15) is 18.7 Å². The van der Waals surface area contributed by atoms with E-state index >= 15 is 0 Å². The quantitative estimate of drug-likeness (QED) is 0.832. The molecule has 24 heavy (non-hydrogen) atoms. The molecule has 1 aliphatic heterocycles. The maximum Gasteiger partial charge on any atom is 0.257 e. The molecule has 1 unspecified atom stereocenters. The van der Waals surface area contributed by atoms with Crippen LogP contribution in [0.5, 0.6) is 5.75 Å². The molecule has 1 amide bonds. The van der Waals surface area contributed by atoms with Crippen molar-refractivity contribution in [3.05, 3.63) is 30.1 Å². The predicted octanol–water partition coefficient (Wildman–Crippen LogP) is 1.80. The molecule has 0 radical (unpaired) electrons. The number of methoxy groups -OCH3 is 1. The van der Waals surface area contributed by atoms with E-state index < -0.39 is 0 Å². The lowest BCUT2D eigenvalue weighted by molar-refractivity contribution is -0.133. The van der Waals surface area contributed by atoms with Crippen molar-refractivity contribution in [3.63, 3.8) is 0 Å². The molecule has 0 N–H and O–H groups in total. The van der Waals surface area contributed by atoms with E-state index in [2.05, 4.69) is 15.0 Å². The third kappa shape index (κ3) is 3.41. The summed E-state index contributed by atoms with van der Waals surface area (Å²) in [6.07, 6.45) is 1.88. The van der Waals surface area contributed by atoms with E-state index in [0.29, 0.717) is 18.3 Å². The van der Waals surface area contributed by atoms with Crippen LogP contribution in [0, 0.1) is 0 Å². The summed E-state index contributed by atoms with van der Waals surface area (Å²) in [5.74, 6) is 1.98. The molecular weight excluding hydrogens is 308 g/mol. The van der Waals surface area contributed by atoms with E-state index in [1.807, 2.05) is 24.3 Å². The van der Waals surface area contributed by atoms with Crippen LogP contribution in [-0.4, -0.2) is 59.6 Å². The molecule has 128 valence electrons. The minimum Gasteiger partial charge on any atom is -0.497 e. The topological polar surface area (TPSA) is 71.7 Å². The fourth-order valence-corrected chi connectivity index (χ4v) is 2.94. The van der Waals surface area contributed by atoms with Crippen molar-refractivity contribution >= 4 is 5.91 Å². The zero-order valence-corrected chi connectivity index (χ0v) is 14.2. The van der Waals surface area contributed by atoms with E-state index in [0.717, 1.165) is 30.7 Å². The molecule has 1 aromatic heterocycles. The van der Waals surface area contributed by atoms with Gasteiger partial charge in [-0.2, -0.15) is 4.98 Å². The predicted molar refractivity (Wildman–Crippen MR) is 88.4 cm³/mol. The molecule has 0 spiro atoms. The summed E-state index contributed by atoms with van der Waals surface area (Å²) >= 11 is 0. The molecule has 0 saturated carbocycles. The van der Waals surface area contributed by atoms with Gasteiger partial charge in [0.1, 0.15) is 5.75 Å². The lowest BCUT2D eigenvalue weighted by Crippen LogP contribution is -2.42. The van der Waals surface area contributed by atoms with E-state index in [1.165, 1.54) is 0 Å². The van der Waals surface area contributed by atoms with Gasteiger partial charge in [0.2, 0.25) is 5.91 Å². The van der Waals surface area contributed by atoms with Crippen LogP contribution in [0.2, 0.25) is 0 Å². The molecule has 7 nitrogen and oxygen atoms in total. The lowest BCUT2D eigenvalue weighted by Gasteiger charge is -2.24. The summed E-state index contributed by atoms with van der Waals surface area (Å²) in [5, 5.41) is 4.05. The highest BCUT2D eigenvalue weighted by Crippen LogP contribution is 2.23. The number of nitrogens with zero attached hydrogens (tertiary/aromatic N) is 4. The van der Waals surface area contributed by atoms with Gasteiger partial charge in [-0.05, 0) is 43.7 Å². The van der Waals surface area contributed by atoms with Gasteiger partial charge in [0.05, 0.1) is 19.7 Å². The molecule has 7 heteroatoms. The smallest absolute Gasteiger partial charge is 0.257 e. The van der Waals surface area contributed by atoms with E-state index in [9.17, 15) is 4.79 Å². The van der Waals surface area contributed by atoms with E-state index in [4.69, 9.17) is 9.26 Å². The average Bonchev–Trinajstić information content (AvgIpc) is 3.24. The van der Waals surface area contributed by atoms with Gasteiger partial charge in [-0.15, -0.1) is 0 Å². The molecule has 1 atom stereocenters. The Labute approximate surface area is 141 Å². The largest absolute Gasteiger partial charge is 0.497 e.